The van der Waals surface area contributed by atoms with E-state index >= 15 is 0 Å². The Bertz CT molecular complexity index is 925. The van der Waals surface area contributed by atoms with Crippen LogP contribution in [0.1, 0.15) is 30.4 Å². The molecule has 0 heterocycles. The number of halogens is 2. The van der Waals surface area contributed by atoms with Crippen LogP contribution in [0.25, 0.3) is 0 Å². The summed E-state index contributed by atoms with van der Waals surface area (Å²) < 4.78 is 0. The molecule has 0 radical (unpaired) electrons. The quantitative estimate of drug-likeness (QED) is 0.292. The van der Waals surface area contributed by atoms with Gasteiger partial charge in [-0.3, -0.25) is 19.6 Å². The second-order valence-corrected chi connectivity index (χ2v) is 8.26. The van der Waals surface area contributed by atoms with Crippen LogP contribution in [0.2, 0.25) is 10.0 Å². The Morgan fingerprint density at radius 2 is 1.69 bits per heavy atom. The molecule has 0 bridgehead atoms. The Morgan fingerprint density at radius 3 is 2.31 bits per heavy atom. The van der Waals surface area contributed by atoms with E-state index in [9.17, 15) is 14.4 Å². The van der Waals surface area contributed by atoms with Crippen LogP contribution in [0.15, 0.2) is 48.5 Å². The molecule has 2 atom stereocenters. The molecule has 0 saturated heterocycles. The molecule has 0 spiro atoms. The minimum absolute atomic E-state index is 0.190. The maximum Gasteiger partial charge on any atom is 0.244 e. The van der Waals surface area contributed by atoms with E-state index < -0.39 is 23.8 Å². The lowest BCUT2D eigenvalue weighted by atomic mass is 9.94. The van der Waals surface area contributed by atoms with Crippen molar-refractivity contribution in [3.8, 4) is 0 Å². The monoisotopic (exact) mass is 479 g/mol. The molecule has 32 heavy (non-hydrogen) atoms. The van der Waals surface area contributed by atoms with Gasteiger partial charge in [-0.1, -0.05) is 59.6 Å². The maximum absolute atomic E-state index is 13.0. The number of hydroxylamine groups is 1. The molecule has 7 nitrogen and oxygen atoms in total. The molecular formula is C23H27Cl2N3O4. The number of carbonyl (C=O) groups is 3. The molecule has 1 unspecified atom stereocenters. The van der Waals surface area contributed by atoms with Crippen molar-refractivity contribution in [3.63, 3.8) is 0 Å². The molecule has 2 aromatic rings. The van der Waals surface area contributed by atoms with Crippen molar-refractivity contribution in [1.82, 2.24) is 16.1 Å². The van der Waals surface area contributed by atoms with Crippen molar-refractivity contribution in [2.24, 2.45) is 5.92 Å². The number of rotatable bonds is 11. The van der Waals surface area contributed by atoms with Gasteiger partial charge in [0.05, 0.1) is 10.0 Å². The number of aryl methyl sites for hydroxylation is 1. The van der Waals surface area contributed by atoms with Crippen LogP contribution in [-0.2, 0) is 27.2 Å². The Labute approximate surface area is 197 Å². The van der Waals surface area contributed by atoms with Gasteiger partial charge in [-0.05, 0) is 42.5 Å². The van der Waals surface area contributed by atoms with Crippen LogP contribution < -0.4 is 16.1 Å². The molecule has 172 valence electrons. The minimum atomic E-state index is -0.862. The van der Waals surface area contributed by atoms with Crippen LogP contribution in [0, 0.1) is 5.92 Å². The van der Waals surface area contributed by atoms with Gasteiger partial charge < -0.3 is 10.6 Å². The van der Waals surface area contributed by atoms with Gasteiger partial charge in [0, 0.05) is 25.8 Å². The van der Waals surface area contributed by atoms with E-state index in [0.29, 0.717) is 22.9 Å². The van der Waals surface area contributed by atoms with Gasteiger partial charge in [-0.25, -0.2) is 5.48 Å². The maximum atomic E-state index is 13.0. The van der Waals surface area contributed by atoms with E-state index in [1.807, 2.05) is 30.3 Å². The average Bonchev–Trinajstić information content (AvgIpc) is 2.80. The van der Waals surface area contributed by atoms with Crippen molar-refractivity contribution >= 4 is 40.9 Å². The third-order valence-corrected chi connectivity index (χ3v) is 5.83. The SMILES string of the molecule is CNC(=O)[C@H](Cc1ccc(Cl)c(Cl)c1)NC(=O)C(CCCc1ccccc1)CC(=O)NO. The molecule has 0 aromatic heterocycles. The van der Waals surface area contributed by atoms with Crippen molar-refractivity contribution in [2.75, 3.05) is 7.05 Å². The summed E-state index contributed by atoms with van der Waals surface area (Å²) in [6.45, 7) is 0. The molecule has 0 aliphatic carbocycles. The molecule has 4 N–H and O–H groups in total. The zero-order chi connectivity index (χ0) is 23.5. The van der Waals surface area contributed by atoms with E-state index in [2.05, 4.69) is 10.6 Å². The summed E-state index contributed by atoms with van der Waals surface area (Å²) in [6.07, 6.45) is 1.84. The lowest BCUT2D eigenvalue weighted by Gasteiger charge is -2.22. The summed E-state index contributed by atoms with van der Waals surface area (Å²) in [4.78, 5) is 37.1. The van der Waals surface area contributed by atoms with E-state index in [1.165, 1.54) is 7.05 Å². The van der Waals surface area contributed by atoms with Crippen LogP contribution >= 0.6 is 23.2 Å². The highest BCUT2D eigenvalue weighted by Gasteiger charge is 2.27. The summed E-state index contributed by atoms with van der Waals surface area (Å²) in [6, 6.07) is 13.9. The number of carbonyl (C=O) groups excluding carboxylic acids is 3. The molecule has 0 saturated carbocycles. The molecule has 2 rings (SSSR count). The number of nitrogens with one attached hydrogen (secondary N) is 3. The molecular weight excluding hydrogens is 453 g/mol. The number of hydrogen-bond acceptors (Lipinski definition) is 4. The normalized spacial score (nSPS) is 12.5. The van der Waals surface area contributed by atoms with Gasteiger partial charge in [-0.2, -0.15) is 0 Å². The van der Waals surface area contributed by atoms with Crippen LogP contribution in [-0.4, -0.2) is 36.0 Å². The fourth-order valence-electron chi connectivity index (χ4n) is 3.37. The Hall–Kier alpha value is -2.61. The predicted octanol–water partition coefficient (Wildman–Crippen LogP) is 3.30. The van der Waals surface area contributed by atoms with Crippen LogP contribution in [0.4, 0.5) is 0 Å². The number of benzene rings is 2. The summed E-state index contributed by atoms with van der Waals surface area (Å²) in [5.41, 5.74) is 3.42. The Balaban J connectivity index is 2.08. The van der Waals surface area contributed by atoms with Crippen LogP contribution in [0.3, 0.4) is 0 Å². The third kappa shape index (κ3) is 8.15. The molecule has 0 fully saturated rings. The second-order valence-electron chi connectivity index (χ2n) is 7.44. The summed E-state index contributed by atoms with van der Waals surface area (Å²) >= 11 is 12.0. The van der Waals surface area contributed by atoms with Crippen molar-refractivity contribution in [1.29, 1.82) is 0 Å². The Morgan fingerprint density at radius 1 is 0.969 bits per heavy atom. The van der Waals surface area contributed by atoms with Gasteiger partial charge >= 0.3 is 0 Å². The van der Waals surface area contributed by atoms with E-state index in [4.69, 9.17) is 28.4 Å². The van der Waals surface area contributed by atoms with Crippen LogP contribution in [0.5, 0.6) is 0 Å². The van der Waals surface area contributed by atoms with Crippen molar-refractivity contribution in [3.05, 3.63) is 69.7 Å². The number of likely N-dealkylation sites (N-methyl/N-ethyl adjacent to an activating group) is 1. The first kappa shape index (κ1) is 25.6. The first-order valence-electron chi connectivity index (χ1n) is 10.3. The van der Waals surface area contributed by atoms with E-state index in [-0.39, 0.29) is 18.7 Å². The highest BCUT2D eigenvalue weighted by molar-refractivity contribution is 6.42. The topological polar surface area (TPSA) is 108 Å². The zero-order valence-corrected chi connectivity index (χ0v) is 19.2. The van der Waals surface area contributed by atoms with Gasteiger partial charge in [0.1, 0.15) is 6.04 Å². The lowest BCUT2D eigenvalue weighted by Crippen LogP contribution is -2.49. The number of hydrogen-bond donors (Lipinski definition) is 4. The molecule has 9 heteroatoms. The minimum Gasteiger partial charge on any atom is -0.357 e. The summed E-state index contributed by atoms with van der Waals surface area (Å²) in [5.74, 6) is -2.17. The van der Waals surface area contributed by atoms with Gasteiger partial charge in [-0.15, -0.1) is 0 Å². The Kier molecular flexibility index (Phi) is 10.5. The fraction of sp³-hybridized carbons (Fsp3) is 0.348. The first-order valence-corrected chi connectivity index (χ1v) is 11.0. The highest BCUT2D eigenvalue weighted by atomic mass is 35.5. The van der Waals surface area contributed by atoms with Crippen molar-refractivity contribution < 1.29 is 19.6 Å². The first-order chi connectivity index (χ1) is 15.3. The summed E-state index contributed by atoms with van der Waals surface area (Å²) in [5, 5.41) is 14.9. The highest BCUT2D eigenvalue weighted by Crippen LogP contribution is 2.23. The molecule has 2 aromatic carbocycles. The predicted molar refractivity (Wildman–Crippen MR) is 124 cm³/mol. The van der Waals surface area contributed by atoms with Gasteiger partial charge in [0.15, 0.2) is 0 Å². The smallest absolute Gasteiger partial charge is 0.244 e. The third-order valence-electron chi connectivity index (χ3n) is 5.09. The van der Waals surface area contributed by atoms with Gasteiger partial charge in [0.2, 0.25) is 17.7 Å². The largest absolute Gasteiger partial charge is 0.357 e. The van der Waals surface area contributed by atoms with E-state index in [1.54, 1.807) is 23.7 Å². The standard InChI is InChI=1S/C23H27Cl2N3O4/c1-26-23(31)20(13-16-10-11-18(24)19(25)12-16)27-22(30)17(14-21(29)28-32)9-5-8-15-6-3-2-4-7-15/h2-4,6-7,10-12,17,20,32H,5,8-9,13-14H2,1H3,(H,26,31)(H,27,30)(H,28,29)/t17?,20-/m0/s1. The molecule has 0 aliphatic heterocycles. The summed E-state index contributed by atoms with van der Waals surface area (Å²) in [7, 11) is 1.48. The second kappa shape index (κ2) is 13.1. The lowest BCUT2D eigenvalue weighted by molar-refractivity contribution is -0.136. The zero-order valence-electron chi connectivity index (χ0n) is 17.7. The van der Waals surface area contributed by atoms with Gasteiger partial charge in [0.25, 0.3) is 0 Å². The average molecular weight is 480 g/mol. The molecule has 3 amide bonds. The number of amides is 3. The fourth-order valence-corrected chi connectivity index (χ4v) is 3.69. The molecule has 0 aliphatic rings. The van der Waals surface area contributed by atoms with E-state index in [0.717, 1.165) is 17.5 Å². The van der Waals surface area contributed by atoms with Crippen molar-refractivity contribution in [2.45, 2.75) is 38.1 Å².